The minimum atomic E-state index is -0.266. The predicted octanol–water partition coefficient (Wildman–Crippen LogP) is 1.86. The van der Waals surface area contributed by atoms with Gasteiger partial charge in [0.05, 0.1) is 11.3 Å². The molecule has 0 unspecified atom stereocenters. The third kappa shape index (κ3) is 4.41. The van der Waals surface area contributed by atoms with Crippen molar-refractivity contribution in [3.8, 4) is 17.2 Å². The number of nitrogens with zero attached hydrogens (tertiary/aromatic N) is 8. The fourth-order valence-corrected chi connectivity index (χ4v) is 4.29. The van der Waals surface area contributed by atoms with Gasteiger partial charge in [-0.1, -0.05) is 12.1 Å². The molecular formula is C23H28N8O. The molecular weight excluding hydrogens is 404 g/mol. The molecule has 32 heavy (non-hydrogen) atoms. The van der Waals surface area contributed by atoms with E-state index in [1.54, 1.807) is 17.1 Å². The van der Waals surface area contributed by atoms with E-state index in [0.29, 0.717) is 18.0 Å². The van der Waals surface area contributed by atoms with Crippen LogP contribution < -0.4 is 10.6 Å². The van der Waals surface area contributed by atoms with Crippen LogP contribution >= 0.6 is 0 Å². The molecule has 0 amide bonds. The van der Waals surface area contributed by atoms with E-state index in [0.717, 1.165) is 55.1 Å². The van der Waals surface area contributed by atoms with Crippen LogP contribution in [-0.4, -0.2) is 62.9 Å². The number of aromatic nitrogens is 5. The maximum absolute atomic E-state index is 12.3. The molecule has 3 aromatic rings. The van der Waals surface area contributed by atoms with Gasteiger partial charge in [-0.15, -0.1) is 10.2 Å². The van der Waals surface area contributed by atoms with Crippen molar-refractivity contribution in [3.05, 3.63) is 58.8 Å². The van der Waals surface area contributed by atoms with E-state index in [1.807, 2.05) is 55.0 Å². The summed E-state index contributed by atoms with van der Waals surface area (Å²) in [6, 6.07) is 8.09. The van der Waals surface area contributed by atoms with E-state index in [2.05, 4.69) is 26.2 Å². The number of benzene rings is 1. The molecule has 0 atom stereocenters. The summed E-state index contributed by atoms with van der Waals surface area (Å²) in [5.41, 5.74) is 3.04. The smallest absolute Gasteiger partial charge is 0.347 e. The molecule has 3 heterocycles. The van der Waals surface area contributed by atoms with E-state index in [4.69, 9.17) is 0 Å². The fraction of sp³-hybridized carbons (Fsp3) is 0.435. The summed E-state index contributed by atoms with van der Waals surface area (Å²) in [6.07, 6.45) is 7.08. The molecule has 0 saturated carbocycles. The molecule has 1 aromatic carbocycles. The van der Waals surface area contributed by atoms with Crippen molar-refractivity contribution in [2.24, 2.45) is 7.05 Å². The van der Waals surface area contributed by atoms with Crippen molar-refractivity contribution in [3.63, 3.8) is 0 Å². The summed E-state index contributed by atoms with van der Waals surface area (Å²) in [5, 5.41) is 18.1. The number of hydrogen-bond donors (Lipinski definition) is 0. The number of hydrogen-bond acceptors (Lipinski definition) is 7. The number of aryl methyl sites for hydroxylation is 1. The maximum Gasteiger partial charge on any atom is 0.347 e. The second-order valence-electron chi connectivity index (χ2n) is 8.50. The Morgan fingerprint density at radius 3 is 2.69 bits per heavy atom. The lowest BCUT2D eigenvalue weighted by Gasteiger charge is -2.35. The van der Waals surface area contributed by atoms with E-state index in [1.165, 1.54) is 0 Å². The first-order valence-electron chi connectivity index (χ1n) is 10.8. The highest BCUT2D eigenvalue weighted by atomic mass is 16.1. The second-order valence-corrected chi connectivity index (χ2v) is 8.50. The minimum absolute atomic E-state index is 0.266. The Balaban J connectivity index is 1.65. The first kappa shape index (κ1) is 21.7. The Kier molecular flexibility index (Phi) is 6.32. The average molecular weight is 433 g/mol. The van der Waals surface area contributed by atoms with Crippen molar-refractivity contribution < 1.29 is 0 Å². The molecule has 166 valence electrons. The summed E-state index contributed by atoms with van der Waals surface area (Å²) < 4.78 is 3.62. The standard InChI is InChI=1S/C23H28N8O/c1-28(2)11-12-31-15-19(14-25-23(31)32)20-6-4-5-18(13-24)21(20)30-9-7-17(8-10-30)22-27-26-16-29(22)3/h4-6,14-17H,7-12H2,1-3H3. The van der Waals surface area contributed by atoms with E-state index in [9.17, 15) is 10.1 Å². The number of nitriles is 1. The third-order valence-corrected chi connectivity index (χ3v) is 6.03. The van der Waals surface area contributed by atoms with E-state index in [-0.39, 0.29) is 5.69 Å². The van der Waals surface area contributed by atoms with Crippen LogP contribution in [-0.2, 0) is 13.6 Å². The van der Waals surface area contributed by atoms with Crippen LogP contribution in [0.15, 0.2) is 41.7 Å². The Labute approximate surface area is 187 Å². The van der Waals surface area contributed by atoms with E-state index < -0.39 is 0 Å². The topological polar surface area (TPSA) is 95.9 Å². The summed E-state index contributed by atoms with van der Waals surface area (Å²) in [5.74, 6) is 1.36. The molecule has 0 spiro atoms. The van der Waals surface area contributed by atoms with Crippen molar-refractivity contribution in [2.45, 2.75) is 25.3 Å². The third-order valence-electron chi connectivity index (χ3n) is 6.03. The van der Waals surface area contributed by atoms with Crippen molar-refractivity contribution >= 4 is 5.69 Å². The zero-order valence-corrected chi connectivity index (χ0v) is 18.8. The predicted molar refractivity (Wildman–Crippen MR) is 122 cm³/mol. The van der Waals surface area contributed by atoms with Crippen LogP contribution in [0.2, 0.25) is 0 Å². The van der Waals surface area contributed by atoms with Crippen LogP contribution in [0.5, 0.6) is 0 Å². The Hall–Kier alpha value is -3.51. The van der Waals surface area contributed by atoms with Gasteiger partial charge in [0.1, 0.15) is 18.2 Å². The zero-order valence-electron chi connectivity index (χ0n) is 18.8. The van der Waals surface area contributed by atoms with Gasteiger partial charge in [0, 0.05) is 62.7 Å². The SMILES string of the molecule is CN(C)CCn1cc(-c2cccc(C#N)c2N2CCC(c3nncn3C)CC2)cnc1=O. The molecule has 1 fully saturated rings. The van der Waals surface area contributed by atoms with Crippen molar-refractivity contribution in [1.29, 1.82) is 5.26 Å². The molecule has 9 nitrogen and oxygen atoms in total. The van der Waals surface area contributed by atoms with Gasteiger partial charge in [-0.05, 0) is 33.0 Å². The first-order chi connectivity index (χ1) is 15.5. The molecule has 0 bridgehead atoms. The van der Waals surface area contributed by atoms with Gasteiger partial charge in [-0.3, -0.25) is 4.57 Å². The van der Waals surface area contributed by atoms with Crippen LogP contribution in [0.4, 0.5) is 5.69 Å². The number of likely N-dealkylation sites (N-methyl/N-ethyl adjacent to an activating group) is 1. The largest absolute Gasteiger partial charge is 0.370 e. The Morgan fingerprint density at radius 1 is 1.25 bits per heavy atom. The van der Waals surface area contributed by atoms with Gasteiger partial charge < -0.3 is 14.4 Å². The maximum atomic E-state index is 12.3. The summed E-state index contributed by atoms with van der Waals surface area (Å²) in [4.78, 5) is 20.7. The molecule has 1 aliphatic rings. The van der Waals surface area contributed by atoms with Gasteiger partial charge in [-0.25, -0.2) is 9.78 Å². The number of para-hydroxylation sites is 1. The monoisotopic (exact) mass is 432 g/mol. The molecule has 9 heteroatoms. The van der Waals surface area contributed by atoms with Crippen LogP contribution in [0.3, 0.4) is 0 Å². The number of rotatable bonds is 6. The van der Waals surface area contributed by atoms with Gasteiger partial charge in [-0.2, -0.15) is 5.26 Å². The molecule has 0 radical (unpaired) electrons. The molecule has 0 aliphatic carbocycles. The number of piperidine rings is 1. The Bertz CT molecular complexity index is 1180. The van der Waals surface area contributed by atoms with Gasteiger partial charge in [0.2, 0.25) is 0 Å². The van der Waals surface area contributed by atoms with Crippen LogP contribution in [0.1, 0.15) is 30.1 Å². The van der Waals surface area contributed by atoms with Crippen molar-refractivity contribution in [1.82, 2.24) is 29.2 Å². The lowest BCUT2D eigenvalue weighted by Crippen LogP contribution is -2.34. The molecule has 4 rings (SSSR count). The van der Waals surface area contributed by atoms with Crippen molar-refractivity contribution in [2.75, 3.05) is 38.6 Å². The highest BCUT2D eigenvalue weighted by Crippen LogP contribution is 2.37. The summed E-state index contributed by atoms with van der Waals surface area (Å²) in [7, 11) is 5.92. The van der Waals surface area contributed by atoms with Crippen LogP contribution in [0, 0.1) is 11.3 Å². The van der Waals surface area contributed by atoms with Gasteiger partial charge >= 0.3 is 5.69 Å². The quantitative estimate of drug-likeness (QED) is 0.587. The summed E-state index contributed by atoms with van der Waals surface area (Å²) in [6.45, 7) is 2.93. The fourth-order valence-electron chi connectivity index (χ4n) is 4.29. The zero-order chi connectivity index (χ0) is 22.7. The lowest BCUT2D eigenvalue weighted by atomic mass is 9.93. The van der Waals surface area contributed by atoms with Gasteiger partial charge in [0.15, 0.2) is 0 Å². The average Bonchev–Trinajstić information content (AvgIpc) is 3.24. The summed E-state index contributed by atoms with van der Waals surface area (Å²) >= 11 is 0. The minimum Gasteiger partial charge on any atom is -0.370 e. The molecule has 1 saturated heterocycles. The highest BCUT2D eigenvalue weighted by Gasteiger charge is 2.27. The Morgan fingerprint density at radius 2 is 2.03 bits per heavy atom. The van der Waals surface area contributed by atoms with Crippen LogP contribution in [0.25, 0.3) is 11.1 Å². The van der Waals surface area contributed by atoms with E-state index >= 15 is 0 Å². The second kappa shape index (κ2) is 9.32. The molecule has 0 N–H and O–H groups in total. The molecule has 1 aliphatic heterocycles. The van der Waals surface area contributed by atoms with Gasteiger partial charge in [0.25, 0.3) is 0 Å². The lowest BCUT2D eigenvalue weighted by molar-refractivity contribution is 0.379. The molecule has 2 aromatic heterocycles. The first-order valence-corrected chi connectivity index (χ1v) is 10.8. The number of anilines is 1. The normalized spacial score (nSPS) is 14.7. The highest BCUT2D eigenvalue weighted by molar-refractivity contribution is 5.82.